The first-order chi connectivity index (χ1) is 17.4. The summed E-state index contributed by atoms with van der Waals surface area (Å²) in [5, 5.41) is 3.48. The molecule has 6 heteroatoms. The van der Waals surface area contributed by atoms with Gasteiger partial charge in [0.1, 0.15) is 11.6 Å². The molecule has 0 spiro atoms. The zero-order valence-electron chi connectivity index (χ0n) is 21.0. The van der Waals surface area contributed by atoms with E-state index < -0.39 is 0 Å². The number of amides is 1. The van der Waals surface area contributed by atoms with Crippen LogP contribution in [0.5, 0.6) is 0 Å². The number of benzene rings is 3. The summed E-state index contributed by atoms with van der Waals surface area (Å²) in [5.74, 6) is -0.0401. The number of piperazine rings is 1. The summed E-state index contributed by atoms with van der Waals surface area (Å²) in [5.41, 5.74) is 3.06. The van der Waals surface area contributed by atoms with E-state index in [-0.39, 0.29) is 29.6 Å². The third-order valence-corrected chi connectivity index (χ3v) is 6.76. The van der Waals surface area contributed by atoms with Crippen LogP contribution in [-0.4, -0.2) is 47.9 Å². The first-order valence-corrected chi connectivity index (χ1v) is 12.7. The van der Waals surface area contributed by atoms with Crippen LogP contribution in [0, 0.1) is 17.6 Å². The first kappa shape index (κ1) is 26.0. The molecule has 1 N–H and O–H groups in total. The van der Waals surface area contributed by atoms with E-state index in [0.29, 0.717) is 38.6 Å². The second-order valence-electron chi connectivity index (χ2n) is 9.92. The molecule has 0 radical (unpaired) electrons. The van der Waals surface area contributed by atoms with Crippen LogP contribution in [0.4, 0.5) is 8.78 Å². The van der Waals surface area contributed by atoms with Crippen LogP contribution < -0.4 is 5.32 Å². The summed E-state index contributed by atoms with van der Waals surface area (Å²) >= 11 is 0. The highest BCUT2D eigenvalue weighted by Crippen LogP contribution is 2.30. The average molecular weight is 492 g/mol. The molecular formula is C30H35F2N3O. The number of carbonyl (C=O) groups excluding carboxylic acids is 1. The van der Waals surface area contributed by atoms with Crippen molar-refractivity contribution in [1.29, 1.82) is 0 Å². The van der Waals surface area contributed by atoms with E-state index in [2.05, 4.69) is 36.2 Å². The SMILES string of the molecule is CC(C)CC(NCc1ccccc1)C(=O)N1CCN(C(c2ccc(F)cc2)c2ccc(F)cc2)CC1. The largest absolute Gasteiger partial charge is 0.339 e. The van der Waals surface area contributed by atoms with E-state index in [1.54, 1.807) is 24.3 Å². The highest BCUT2D eigenvalue weighted by molar-refractivity contribution is 5.82. The lowest BCUT2D eigenvalue weighted by Gasteiger charge is -2.41. The Bertz CT molecular complexity index is 1050. The van der Waals surface area contributed by atoms with Gasteiger partial charge >= 0.3 is 0 Å². The van der Waals surface area contributed by atoms with Gasteiger partial charge in [0.15, 0.2) is 0 Å². The van der Waals surface area contributed by atoms with Gasteiger partial charge in [-0.2, -0.15) is 0 Å². The van der Waals surface area contributed by atoms with E-state index >= 15 is 0 Å². The number of nitrogens with zero attached hydrogens (tertiary/aromatic N) is 2. The summed E-state index contributed by atoms with van der Waals surface area (Å²) in [7, 11) is 0. The molecule has 0 aliphatic carbocycles. The molecule has 1 aliphatic heterocycles. The summed E-state index contributed by atoms with van der Waals surface area (Å²) in [6, 6.07) is 22.7. The average Bonchev–Trinajstić information content (AvgIpc) is 2.89. The second kappa shape index (κ2) is 12.2. The predicted molar refractivity (Wildman–Crippen MR) is 139 cm³/mol. The molecule has 4 nitrogen and oxygen atoms in total. The molecule has 0 saturated carbocycles. The van der Waals surface area contributed by atoms with Crippen molar-refractivity contribution in [2.75, 3.05) is 26.2 Å². The molecule has 0 bridgehead atoms. The Balaban J connectivity index is 1.45. The summed E-state index contributed by atoms with van der Waals surface area (Å²) < 4.78 is 27.2. The van der Waals surface area contributed by atoms with Crippen molar-refractivity contribution in [2.24, 2.45) is 5.92 Å². The van der Waals surface area contributed by atoms with Crippen molar-refractivity contribution in [3.8, 4) is 0 Å². The first-order valence-electron chi connectivity index (χ1n) is 12.7. The number of nitrogens with one attached hydrogen (secondary N) is 1. The highest BCUT2D eigenvalue weighted by atomic mass is 19.1. The van der Waals surface area contributed by atoms with E-state index in [1.807, 2.05) is 23.1 Å². The van der Waals surface area contributed by atoms with Crippen molar-refractivity contribution < 1.29 is 13.6 Å². The van der Waals surface area contributed by atoms with Crippen LogP contribution in [0.2, 0.25) is 0 Å². The minimum Gasteiger partial charge on any atom is -0.339 e. The molecule has 3 aromatic carbocycles. The zero-order chi connectivity index (χ0) is 25.5. The Morgan fingerprint density at radius 1 is 0.806 bits per heavy atom. The Morgan fingerprint density at radius 2 is 1.33 bits per heavy atom. The number of hydrogen-bond acceptors (Lipinski definition) is 3. The molecule has 1 heterocycles. The number of halogens is 2. The number of hydrogen-bond donors (Lipinski definition) is 1. The third-order valence-electron chi connectivity index (χ3n) is 6.76. The Labute approximate surface area is 212 Å². The fourth-order valence-electron chi connectivity index (χ4n) is 4.90. The lowest BCUT2D eigenvalue weighted by atomic mass is 9.96. The molecule has 1 aliphatic rings. The standard InChI is InChI=1S/C30H35F2N3O/c1-22(2)20-28(33-21-23-6-4-3-5-7-23)30(36)35-18-16-34(17-19-35)29(24-8-12-26(31)13-9-24)25-10-14-27(32)15-11-25/h3-15,22,28-29,33H,16-21H2,1-2H3. The van der Waals surface area contributed by atoms with Crippen LogP contribution >= 0.6 is 0 Å². The third kappa shape index (κ3) is 6.77. The van der Waals surface area contributed by atoms with Gasteiger partial charge in [-0.3, -0.25) is 9.69 Å². The van der Waals surface area contributed by atoms with E-state index in [1.165, 1.54) is 24.3 Å². The van der Waals surface area contributed by atoms with Gasteiger partial charge in [-0.05, 0) is 53.3 Å². The molecule has 4 rings (SSSR count). The van der Waals surface area contributed by atoms with Crippen LogP contribution in [0.25, 0.3) is 0 Å². The van der Waals surface area contributed by atoms with Gasteiger partial charge in [0.05, 0.1) is 12.1 Å². The second-order valence-corrected chi connectivity index (χ2v) is 9.92. The molecule has 1 unspecified atom stereocenters. The topological polar surface area (TPSA) is 35.6 Å². The molecule has 190 valence electrons. The zero-order valence-corrected chi connectivity index (χ0v) is 21.0. The smallest absolute Gasteiger partial charge is 0.239 e. The summed E-state index contributed by atoms with van der Waals surface area (Å²) in [4.78, 5) is 17.8. The van der Waals surface area contributed by atoms with Crippen molar-refractivity contribution in [3.63, 3.8) is 0 Å². The lowest BCUT2D eigenvalue weighted by molar-refractivity contribution is -0.136. The fourth-order valence-corrected chi connectivity index (χ4v) is 4.90. The van der Waals surface area contributed by atoms with Crippen molar-refractivity contribution in [3.05, 3.63) is 107 Å². The van der Waals surface area contributed by atoms with Crippen LogP contribution in [0.3, 0.4) is 0 Å². The van der Waals surface area contributed by atoms with E-state index in [4.69, 9.17) is 0 Å². The molecule has 1 atom stereocenters. The van der Waals surface area contributed by atoms with Crippen LogP contribution in [-0.2, 0) is 11.3 Å². The van der Waals surface area contributed by atoms with Crippen molar-refractivity contribution >= 4 is 5.91 Å². The van der Waals surface area contributed by atoms with Crippen molar-refractivity contribution in [1.82, 2.24) is 15.1 Å². The normalized spacial score (nSPS) is 15.4. The van der Waals surface area contributed by atoms with Gasteiger partial charge in [0.2, 0.25) is 5.91 Å². The lowest BCUT2D eigenvalue weighted by Crippen LogP contribution is -2.54. The molecule has 36 heavy (non-hydrogen) atoms. The van der Waals surface area contributed by atoms with E-state index in [9.17, 15) is 13.6 Å². The Kier molecular flexibility index (Phi) is 8.83. The Hall–Kier alpha value is -3.09. The molecule has 1 saturated heterocycles. The van der Waals surface area contributed by atoms with Gasteiger partial charge in [0.25, 0.3) is 0 Å². The maximum absolute atomic E-state index is 13.6. The van der Waals surface area contributed by atoms with E-state index in [0.717, 1.165) is 23.1 Å². The predicted octanol–water partition coefficient (Wildman–Crippen LogP) is 5.40. The van der Waals surface area contributed by atoms with Gasteiger partial charge in [0, 0.05) is 32.7 Å². The van der Waals surface area contributed by atoms with Crippen molar-refractivity contribution in [2.45, 2.75) is 38.9 Å². The minimum atomic E-state index is -0.286. The van der Waals surface area contributed by atoms with Gasteiger partial charge in [-0.25, -0.2) is 8.78 Å². The van der Waals surface area contributed by atoms with Gasteiger partial charge in [-0.1, -0.05) is 68.4 Å². The highest BCUT2D eigenvalue weighted by Gasteiger charge is 2.31. The molecule has 0 aromatic heterocycles. The molecule has 3 aromatic rings. The fraction of sp³-hybridized carbons (Fsp3) is 0.367. The maximum atomic E-state index is 13.6. The molecule has 1 fully saturated rings. The number of rotatable bonds is 9. The number of carbonyl (C=O) groups is 1. The van der Waals surface area contributed by atoms with Gasteiger partial charge < -0.3 is 10.2 Å². The Morgan fingerprint density at radius 3 is 1.83 bits per heavy atom. The van der Waals surface area contributed by atoms with Crippen LogP contribution in [0.15, 0.2) is 78.9 Å². The monoisotopic (exact) mass is 491 g/mol. The summed E-state index contributed by atoms with van der Waals surface area (Å²) in [6.07, 6.45) is 0.777. The quantitative estimate of drug-likeness (QED) is 0.435. The van der Waals surface area contributed by atoms with Crippen LogP contribution in [0.1, 0.15) is 43.0 Å². The molecular weight excluding hydrogens is 456 g/mol. The maximum Gasteiger partial charge on any atom is 0.239 e. The molecule has 1 amide bonds. The summed E-state index contributed by atoms with van der Waals surface area (Å²) in [6.45, 7) is 7.51. The minimum absolute atomic E-state index is 0.133. The van der Waals surface area contributed by atoms with Gasteiger partial charge in [-0.15, -0.1) is 0 Å².